The number of hydrogen-bond acceptors (Lipinski definition) is 6. The van der Waals surface area contributed by atoms with Gasteiger partial charge in [0.2, 0.25) is 5.88 Å². The third-order valence-corrected chi connectivity index (χ3v) is 4.06. The van der Waals surface area contributed by atoms with Gasteiger partial charge in [-0.25, -0.2) is 19.7 Å². The Morgan fingerprint density at radius 2 is 2.04 bits per heavy atom. The molecule has 0 amide bonds. The van der Waals surface area contributed by atoms with Crippen molar-refractivity contribution in [1.29, 1.82) is 0 Å². The molecule has 0 fully saturated rings. The van der Waals surface area contributed by atoms with Crippen molar-refractivity contribution in [2.45, 2.75) is 20.0 Å². The summed E-state index contributed by atoms with van der Waals surface area (Å²) in [6, 6.07) is 1.79. The number of carbonyl (C=O) groups excluding carboxylic acids is 1. The highest BCUT2D eigenvalue weighted by Gasteiger charge is 2.22. The van der Waals surface area contributed by atoms with Crippen LogP contribution in [0, 0.1) is 0 Å². The maximum atomic E-state index is 12.4. The molecular weight excluding hydrogens is 344 g/mol. The number of nitrogens with zero attached hydrogens (tertiary/aromatic N) is 4. The van der Waals surface area contributed by atoms with Crippen molar-refractivity contribution in [3.05, 3.63) is 35.5 Å². The lowest BCUT2D eigenvalue weighted by atomic mass is 10.1. The topological polar surface area (TPSA) is 79.1 Å². The second kappa shape index (κ2) is 6.68. The summed E-state index contributed by atoms with van der Waals surface area (Å²) in [5, 5.41) is 1.29. The standard InChI is InChI=1S/C17H17ClN4O3/c1-9(2)25-17(23)12-6-19-8-21-14(12)11-7-20-16(24-4)15-10(11)5-13(18)22(15)3/h5-9H,1-4H3. The quantitative estimate of drug-likeness (QED) is 0.664. The highest BCUT2D eigenvalue weighted by Crippen LogP contribution is 2.36. The molecule has 3 aromatic heterocycles. The van der Waals surface area contributed by atoms with Crippen LogP contribution in [-0.4, -0.2) is 38.7 Å². The zero-order valence-electron chi connectivity index (χ0n) is 14.3. The van der Waals surface area contributed by atoms with E-state index in [4.69, 9.17) is 21.1 Å². The van der Waals surface area contributed by atoms with Crippen LogP contribution >= 0.6 is 11.6 Å². The molecule has 3 heterocycles. The maximum absolute atomic E-state index is 12.4. The second-order valence-electron chi connectivity index (χ2n) is 5.71. The van der Waals surface area contributed by atoms with Crippen molar-refractivity contribution in [3.8, 4) is 17.1 Å². The van der Waals surface area contributed by atoms with Crippen LogP contribution in [0.3, 0.4) is 0 Å². The van der Waals surface area contributed by atoms with E-state index in [-0.39, 0.29) is 11.7 Å². The summed E-state index contributed by atoms with van der Waals surface area (Å²) >= 11 is 6.27. The summed E-state index contributed by atoms with van der Waals surface area (Å²) in [6.45, 7) is 3.57. The van der Waals surface area contributed by atoms with Crippen LogP contribution in [-0.2, 0) is 11.8 Å². The summed E-state index contributed by atoms with van der Waals surface area (Å²) in [7, 11) is 3.35. The number of methoxy groups -OCH3 is 1. The van der Waals surface area contributed by atoms with Crippen LogP contribution in [0.25, 0.3) is 22.2 Å². The van der Waals surface area contributed by atoms with Gasteiger partial charge < -0.3 is 14.0 Å². The molecular formula is C17H17ClN4O3. The number of esters is 1. The van der Waals surface area contributed by atoms with Crippen LogP contribution in [0.15, 0.2) is 24.8 Å². The molecule has 0 saturated heterocycles. The number of aryl methyl sites for hydroxylation is 1. The fourth-order valence-corrected chi connectivity index (χ4v) is 2.79. The molecule has 0 atom stereocenters. The first-order valence-electron chi connectivity index (χ1n) is 7.63. The molecule has 0 unspecified atom stereocenters. The first-order chi connectivity index (χ1) is 11.9. The van der Waals surface area contributed by atoms with Gasteiger partial charge in [-0.3, -0.25) is 0 Å². The minimum atomic E-state index is -0.489. The number of rotatable bonds is 4. The van der Waals surface area contributed by atoms with Gasteiger partial charge in [0, 0.05) is 30.4 Å². The predicted octanol–water partition coefficient (Wildman–Crippen LogP) is 3.26. The predicted molar refractivity (Wildman–Crippen MR) is 93.9 cm³/mol. The number of halogens is 1. The first-order valence-corrected chi connectivity index (χ1v) is 8.01. The Balaban J connectivity index is 2.25. The summed E-state index contributed by atoms with van der Waals surface area (Å²) in [5.74, 6) is -0.0508. The van der Waals surface area contributed by atoms with Gasteiger partial charge >= 0.3 is 5.97 Å². The average Bonchev–Trinajstić information content (AvgIpc) is 2.89. The Hall–Kier alpha value is -2.67. The lowest BCUT2D eigenvalue weighted by Crippen LogP contribution is -2.13. The lowest BCUT2D eigenvalue weighted by Gasteiger charge is -2.12. The smallest absolute Gasteiger partial charge is 0.342 e. The number of pyridine rings is 1. The Bertz CT molecular complexity index is 952. The molecule has 8 heteroatoms. The second-order valence-corrected chi connectivity index (χ2v) is 6.10. The number of hydrogen-bond donors (Lipinski definition) is 0. The molecule has 7 nitrogen and oxygen atoms in total. The van der Waals surface area contributed by atoms with Gasteiger partial charge in [-0.1, -0.05) is 11.6 Å². The van der Waals surface area contributed by atoms with Crippen molar-refractivity contribution in [3.63, 3.8) is 0 Å². The van der Waals surface area contributed by atoms with Crippen molar-refractivity contribution in [2.24, 2.45) is 7.05 Å². The number of carbonyl (C=O) groups is 1. The van der Waals surface area contributed by atoms with E-state index in [0.29, 0.717) is 27.8 Å². The molecule has 25 heavy (non-hydrogen) atoms. The van der Waals surface area contributed by atoms with E-state index < -0.39 is 5.97 Å². The highest BCUT2D eigenvalue weighted by molar-refractivity contribution is 6.31. The van der Waals surface area contributed by atoms with Crippen molar-refractivity contribution in [2.75, 3.05) is 7.11 Å². The molecule has 130 valence electrons. The Morgan fingerprint density at radius 3 is 2.72 bits per heavy atom. The number of fused-ring (bicyclic) bond motifs is 1. The monoisotopic (exact) mass is 360 g/mol. The zero-order chi connectivity index (χ0) is 18.1. The maximum Gasteiger partial charge on any atom is 0.342 e. The lowest BCUT2D eigenvalue weighted by molar-refractivity contribution is 0.0378. The molecule has 3 aromatic rings. The number of ether oxygens (including phenoxy) is 2. The minimum Gasteiger partial charge on any atom is -0.479 e. The van der Waals surface area contributed by atoms with E-state index in [1.54, 1.807) is 37.8 Å². The van der Waals surface area contributed by atoms with Crippen molar-refractivity contribution >= 4 is 28.5 Å². The number of aromatic nitrogens is 4. The van der Waals surface area contributed by atoms with Crippen LogP contribution in [0.4, 0.5) is 0 Å². The van der Waals surface area contributed by atoms with Gasteiger partial charge in [0.25, 0.3) is 0 Å². The molecule has 0 radical (unpaired) electrons. The molecule has 0 aliphatic rings. The normalized spacial score (nSPS) is 11.1. The summed E-state index contributed by atoms with van der Waals surface area (Å²) in [6.07, 6.45) is 4.17. The Morgan fingerprint density at radius 1 is 1.28 bits per heavy atom. The van der Waals surface area contributed by atoms with Gasteiger partial charge in [-0.15, -0.1) is 0 Å². The van der Waals surface area contributed by atoms with E-state index in [1.807, 2.05) is 7.05 Å². The molecule has 0 aliphatic heterocycles. The van der Waals surface area contributed by atoms with Crippen LogP contribution in [0.1, 0.15) is 24.2 Å². The third kappa shape index (κ3) is 3.02. The zero-order valence-corrected chi connectivity index (χ0v) is 15.0. The van der Waals surface area contributed by atoms with Crippen molar-refractivity contribution in [1.82, 2.24) is 19.5 Å². The summed E-state index contributed by atoms with van der Waals surface area (Å²) in [5.41, 5.74) is 2.07. The minimum absolute atomic E-state index is 0.249. The van der Waals surface area contributed by atoms with Gasteiger partial charge in [-0.2, -0.15) is 0 Å². The van der Waals surface area contributed by atoms with Gasteiger partial charge in [-0.05, 0) is 19.9 Å². The SMILES string of the molecule is COc1ncc(-c2ncncc2C(=O)OC(C)C)c2cc(Cl)n(C)c12. The van der Waals surface area contributed by atoms with E-state index in [0.717, 1.165) is 5.39 Å². The van der Waals surface area contributed by atoms with Gasteiger partial charge in [0.1, 0.15) is 22.6 Å². The van der Waals surface area contributed by atoms with E-state index in [1.165, 1.54) is 12.5 Å². The summed E-state index contributed by atoms with van der Waals surface area (Å²) in [4.78, 5) is 24.9. The molecule has 0 aliphatic carbocycles. The van der Waals surface area contributed by atoms with E-state index in [2.05, 4.69) is 15.0 Å². The first kappa shape index (κ1) is 17.2. The van der Waals surface area contributed by atoms with E-state index >= 15 is 0 Å². The Labute approximate surface area is 149 Å². The van der Waals surface area contributed by atoms with Crippen LogP contribution in [0.5, 0.6) is 5.88 Å². The van der Waals surface area contributed by atoms with E-state index in [9.17, 15) is 4.79 Å². The largest absolute Gasteiger partial charge is 0.479 e. The summed E-state index contributed by atoms with van der Waals surface area (Å²) < 4.78 is 12.4. The van der Waals surface area contributed by atoms with Crippen LogP contribution < -0.4 is 4.74 Å². The molecule has 0 saturated carbocycles. The van der Waals surface area contributed by atoms with Gasteiger partial charge in [0.05, 0.1) is 18.9 Å². The fourth-order valence-electron chi connectivity index (χ4n) is 2.60. The average molecular weight is 361 g/mol. The molecule has 0 N–H and O–H groups in total. The molecule has 0 spiro atoms. The third-order valence-electron chi connectivity index (χ3n) is 3.70. The highest BCUT2D eigenvalue weighted by atomic mass is 35.5. The molecule has 3 rings (SSSR count). The molecule has 0 aromatic carbocycles. The van der Waals surface area contributed by atoms with Crippen LogP contribution in [0.2, 0.25) is 5.15 Å². The molecule has 0 bridgehead atoms. The van der Waals surface area contributed by atoms with Gasteiger partial charge in [0.15, 0.2) is 0 Å². The van der Waals surface area contributed by atoms with Crippen molar-refractivity contribution < 1.29 is 14.3 Å². The Kier molecular flexibility index (Phi) is 4.59. The fraction of sp³-hybridized carbons (Fsp3) is 0.294.